The van der Waals surface area contributed by atoms with Gasteiger partial charge in [0.25, 0.3) is 0 Å². The van der Waals surface area contributed by atoms with Crippen molar-refractivity contribution in [3.8, 4) is 5.75 Å². The summed E-state index contributed by atoms with van der Waals surface area (Å²) in [7, 11) is -3.86. The van der Waals surface area contributed by atoms with Crippen LogP contribution < -0.4 is 10.1 Å². The van der Waals surface area contributed by atoms with Gasteiger partial charge < -0.3 is 19.8 Å². The molecule has 6 heteroatoms. The van der Waals surface area contributed by atoms with E-state index in [2.05, 4.69) is 12.2 Å². The van der Waals surface area contributed by atoms with Gasteiger partial charge in [-0.2, -0.15) is 0 Å². The van der Waals surface area contributed by atoms with Gasteiger partial charge in [-0.3, -0.25) is 4.57 Å². The minimum atomic E-state index is -3.86. The van der Waals surface area contributed by atoms with Crippen molar-refractivity contribution in [3.05, 3.63) is 29.8 Å². The number of unbranched alkanes of at least 4 members (excludes halogenated alkanes) is 1. The van der Waals surface area contributed by atoms with Crippen LogP contribution in [-0.2, 0) is 11.1 Å². The third kappa shape index (κ3) is 8.33. The Morgan fingerprint density at radius 2 is 2.10 bits per heavy atom. The van der Waals surface area contributed by atoms with Crippen molar-refractivity contribution in [1.82, 2.24) is 5.32 Å². The molecule has 0 heterocycles. The van der Waals surface area contributed by atoms with Crippen LogP contribution in [-0.4, -0.2) is 29.1 Å². The van der Waals surface area contributed by atoms with E-state index in [1.165, 1.54) is 0 Å². The monoisotopic (exact) mass is 301 g/mol. The van der Waals surface area contributed by atoms with Gasteiger partial charge in [0.05, 0.1) is 12.8 Å². The fourth-order valence-corrected chi connectivity index (χ4v) is 2.29. The van der Waals surface area contributed by atoms with Gasteiger partial charge in [0.15, 0.2) is 0 Å². The molecule has 0 amide bonds. The van der Waals surface area contributed by atoms with Gasteiger partial charge in [-0.15, -0.1) is 0 Å². The summed E-state index contributed by atoms with van der Waals surface area (Å²) in [5, 5.41) is 3.17. The highest BCUT2D eigenvalue weighted by atomic mass is 31.2. The lowest BCUT2D eigenvalue weighted by molar-refractivity contribution is 0.309. The quantitative estimate of drug-likeness (QED) is 0.457. The minimum Gasteiger partial charge on any atom is -0.494 e. The van der Waals surface area contributed by atoms with Crippen LogP contribution in [0.3, 0.4) is 0 Å². The van der Waals surface area contributed by atoms with Crippen LogP contribution in [0.2, 0.25) is 0 Å². The molecule has 0 aliphatic rings. The topological polar surface area (TPSA) is 78.8 Å². The predicted molar refractivity (Wildman–Crippen MR) is 80.1 cm³/mol. The van der Waals surface area contributed by atoms with E-state index in [0.717, 1.165) is 30.8 Å². The maximum absolute atomic E-state index is 10.7. The minimum absolute atomic E-state index is 0.0693. The molecule has 0 bridgehead atoms. The zero-order valence-corrected chi connectivity index (χ0v) is 12.8. The van der Waals surface area contributed by atoms with E-state index >= 15 is 0 Å². The van der Waals surface area contributed by atoms with Crippen molar-refractivity contribution in [3.63, 3.8) is 0 Å². The smallest absolute Gasteiger partial charge is 0.325 e. The molecule has 0 saturated heterocycles. The molecule has 0 unspecified atom stereocenters. The summed E-state index contributed by atoms with van der Waals surface area (Å²) >= 11 is 0. The van der Waals surface area contributed by atoms with Crippen LogP contribution in [0, 0.1) is 0 Å². The first kappa shape index (κ1) is 17.2. The van der Waals surface area contributed by atoms with Gasteiger partial charge in [0.1, 0.15) is 5.75 Å². The summed E-state index contributed by atoms with van der Waals surface area (Å²) in [6.07, 6.45) is 2.56. The second-order valence-corrected chi connectivity index (χ2v) is 6.54. The predicted octanol–water partition coefficient (Wildman–Crippen LogP) is 2.52. The lowest BCUT2D eigenvalue weighted by atomic mass is 10.2. The molecule has 3 N–H and O–H groups in total. The van der Waals surface area contributed by atoms with Crippen LogP contribution in [0.25, 0.3) is 0 Å². The molecule has 0 aliphatic carbocycles. The van der Waals surface area contributed by atoms with Crippen LogP contribution in [0.4, 0.5) is 0 Å². The SMILES string of the molecule is CCCCOc1cccc(CNCCCP(=O)(O)O)c1. The molecule has 114 valence electrons. The highest BCUT2D eigenvalue weighted by Gasteiger charge is 2.10. The average molecular weight is 301 g/mol. The summed E-state index contributed by atoms with van der Waals surface area (Å²) in [6, 6.07) is 7.88. The number of nitrogens with one attached hydrogen (secondary N) is 1. The zero-order chi connectivity index (χ0) is 14.8. The third-order valence-corrected chi connectivity index (χ3v) is 3.70. The lowest BCUT2D eigenvalue weighted by Crippen LogP contribution is -2.15. The van der Waals surface area contributed by atoms with Gasteiger partial charge in [-0.1, -0.05) is 25.5 Å². The van der Waals surface area contributed by atoms with E-state index in [1.54, 1.807) is 0 Å². The van der Waals surface area contributed by atoms with Crippen LogP contribution in [0.1, 0.15) is 31.7 Å². The van der Waals surface area contributed by atoms with E-state index in [0.29, 0.717) is 19.5 Å². The molecular formula is C14H24NO4P. The Morgan fingerprint density at radius 1 is 1.30 bits per heavy atom. The van der Waals surface area contributed by atoms with Gasteiger partial charge in [-0.25, -0.2) is 0 Å². The maximum atomic E-state index is 10.7. The molecule has 0 atom stereocenters. The summed E-state index contributed by atoms with van der Waals surface area (Å²) in [5.41, 5.74) is 1.11. The number of hydrogen-bond acceptors (Lipinski definition) is 3. The first-order chi connectivity index (χ1) is 9.51. The van der Waals surface area contributed by atoms with E-state index in [1.807, 2.05) is 24.3 Å². The maximum Gasteiger partial charge on any atom is 0.325 e. The molecule has 0 fully saturated rings. The highest BCUT2D eigenvalue weighted by molar-refractivity contribution is 7.51. The Kier molecular flexibility index (Phi) is 7.85. The second kappa shape index (κ2) is 9.14. The normalized spacial score (nSPS) is 11.6. The summed E-state index contributed by atoms with van der Waals surface area (Å²) in [5.74, 6) is 0.868. The molecular weight excluding hydrogens is 277 g/mol. The largest absolute Gasteiger partial charge is 0.494 e. The Morgan fingerprint density at radius 3 is 2.80 bits per heavy atom. The molecule has 0 aliphatic heterocycles. The lowest BCUT2D eigenvalue weighted by Gasteiger charge is -2.09. The van der Waals surface area contributed by atoms with E-state index in [4.69, 9.17) is 14.5 Å². The van der Waals surface area contributed by atoms with Crippen LogP contribution in [0.15, 0.2) is 24.3 Å². The molecule has 5 nitrogen and oxygen atoms in total. The van der Waals surface area contributed by atoms with Crippen LogP contribution >= 0.6 is 7.60 Å². The van der Waals surface area contributed by atoms with E-state index in [-0.39, 0.29) is 6.16 Å². The molecule has 0 saturated carbocycles. The Labute approximate surface area is 120 Å². The molecule has 1 aromatic carbocycles. The van der Waals surface area contributed by atoms with Crippen LogP contribution in [0.5, 0.6) is 5.75 Å². The number of hydrogen-bond donors (Lipinski definition) is 3. The molecule has 1 aromatic rings. The van der Waals surface area contributed by atoms with E-state index < -0.39 is 7.60 Å². The van der Waals surface area contributed by atoms with Gasteiger partial charge >= 0.3 is 7.60 Å². The van der Waals surface area contributed by atoms with E-state index in [9.17, 15) is 4.57 Å². The van der Waals surface area contributed by atoms with Crippen molar-refractivity contribution in [2.45, 2.75) is 32.7 Å². The number of benzene rings is 1. The number of rotatable bonds is 10. The van der Waals surface area contributed by atoms with Gasteiger partial charge in [0, 0.05) is 6.54 Å². The fraction of sp³-hybridized carbons (Fsp3) is 0.571. The Balaban J connectivity index is 2.26. The zero-order valence-electron chi connectivity index (χ0n) is 11.9. The molecule has 20 heavy (non-hydrogen) atoms. The molecule has 1 rings (SSSR count). The highest BCUT2D eigenvalue weighted by Crippen LogP contribution is 2.34. The molecule has 0 radical (unpaired) electrons. The van der Waals surface area contributed by atoms with Gasteiger partial charge in [-0.05, 0) is 37.1 Å². The van der Waals surface area contributed by atoms with Crippen molar-refractivity contribution in [2.24, 2.45) is 0 Å². The summed E-state index contributed by atoms with van der Waals surface area (Å²) in [6.45, 7) is 4.12. The van der Waals surface area contributed by atoms with Crippen molar-refractivity contribution < 1.29 is 19.1 Å². The summed E-state index contributed by atoms with van der Waals surface area (Å²) < 4.78 is 16.3. The van der Waals surface area contributed by atoms with Crippen molar-refractivity contribution in [2.75, 3.05) is 19.3 Å². The number of ether oxygens (including phenoxy) is 1. The van der Waals surface area contributed by atoms with Crippen molar-refractivity contribution in [1.29, 1.82) is 0 Å². The molecule has 0 aromatic heterocycles. The Hall–Kier alpha value is -0.870. The third-order valence-electron chi connectivity index (χ3n) is 2.80. The fourth-order valence-electron chi connectivity index (χ4n) is 1.72. The standard InChI is InChI=1S/C14H24NO4P/c1-2-3-9-19-14-7-4-6-13(11-14)12-15-8-5-10-20(16,17)18/h4,6-7,11,15H,2-3,5,8-10,12H2,1H3,(H2,16,17,18). The average Bonchev–Trinajstić information content (AvgIpc) is 2.38. The Bertz CT molecular complexity index is 433. The first-order valence-electron chi connectivity index (χ1n) is 6.98. The first-order valence-corrected chi connectivity index (χ1v) is 8.78. The second-order valence-electron chi connectivity index (χ2n) is 4.77. The summed E-state index contributed by atoms with van der Waals surface area (Å²) in [4.78, 5) is 17.5. The van der Waals surface area contributed by atoms with Gasteiger partial charge in [0.2, 0.25) is 0 Å². The van der Waals surface area contributed by atoms with Crippen molar-refractivity contribution >= 4 is 7.60 Å². The molecule has 0 spiro atoms.